The van der Waals surface area contributed by atoms with Gasteiger partial charge in [0.2, 0.25) is 11.8 Å². The maximum atomic E-state index is 12.2. The summed E-state index contributed by atoms with van der Waals surface area (Å²) in [6.07, 6.45) is 1.53. The maximum Gasteiger partial charge on any atom is 0.317 e. The molecular formula is C18H22N4O3. The van der Waals surface area contributed by atoms with E-state index < -0.39 is 0 Å². The largest absolute Gasteiger partial charge is 0.480 e. The molecule has 0 radical (unpaired) electrons. The first kappa shape index (κ1) is 17.0. The van der Waals surface area contributed by atoms with Crippen LogP contribution in [0, 0.1) is 0 Å². The Bertz CT molecular complexity index is 678. The molecule has 0 aliphatic carbocycles. The van der Waals surface area contributed by atoms with Gasteiger partial charge >= 0.3 is 6.03 Å². The molecule has 1 aliphatic rings. The summed E-state index contributed by atoms with van der Waals surface area (Å²) < 4.78 is 10.7. The van der Waals surface area contributed by atoms with Gasteiger partial charge < -0.3 is 19.7 Å². The third-order valence-electron chi connectivity index (χ3n) is 4.08. The number of amides is 2. The lowest BCUT2D eigenvalue weighted by Crippen LogP contribution is -2.40. The Morgan fingerprint density at radius 1 is 1.20 bits per heavy atom. The second-order valence-electron chi connectivity index (χ2n) is 5.86. The first-order chi connectivity index (χ1) is 12.2. The number of nitrogens with one attached hydrogen (secondary N) is 1. The molecule has 0 unspecified atom stereocenters. The van der Waals surface area contributed by atoms with E-state index in [2.05, 4.69) is 27.6 Å². The van der Waals surface area contributed by atoms with Crippen LogP contribution in [0.1, 0.15) is 12.0 Å². The molecule has 0 spiro atoms. The minimum Gasteiger partial charge on any atom is -0.480 e. The Hall–Kier alpha value is -2.83. The number of nitrogens with zero attached hydrogens (tertiary/aromatic N) is 3. The fourth-order valence-electron chi connectivity index (χ4n) is 2.73. The number of ether oxygens (including phenoxy) is 2. The molecule has 132 valence electrons. The number of aromatic nitrogens is 2. The lowest BCUT2D eigenvalue weighted by Gasteiger charge is -2.17. The van der Waals surface area contributed by atoms with Crippen molar-refractivity contribution >= 4 is 6.03 Å². The molecule has 2 amide bonds. The van der Waals surface area contributed by atoms with Crippen LogP contribution in [0.15, 0.2) is 42.5 Å². The second kappa shape index (κ2) is 8.32. The van der Waals surface area contributed by atoms with Gasteiger partial charge in [-0.05, 0) is 12.0 Å². The monoisotopic (exact) mass is 342 g/mol. The van der Waals surface area contributed by atoms with Crippen molar-refractivity contribution in [3.63, 3.8) is 0 Å². The number of hydrogen-bond acceptors (Lipinski definition) is 5. The molecule has 7 nitrogen and oxygen atoms in total. The molecule has 3 rings (SSSR count). The highest BCUT2D eigenvalue weighted by molar-refractivity contribution is 5.74. The van der Waals surface area contributed by atoms with Crippen molar-refractivity contribution in [3.8, 4) is 11.8 Å². The second-order valence-corrected chi connectivity index (χ2v) is 5.86. The van der Waals surface area contributed by atoms with E-state index in [4.69, 9.17) is 9.47 Å². The van der Waals surface area contributed by atoms with E-state index in [9.17, 15) is 4.79 Å². The van der Waals surface area contributed by atoms with Crippen molar-refractivity contribution in [2.45, 2.75) is 18.9 Å². The third kappa shape index (κ3) is 4.82. The average Bonchev–Trinajstić information content (AvgIpc) is 3.12. The van der Waals surface area contributed by atoms with Crippen molar-refractivity contribution in [1.82, 2.24) is 20.4 Å². The first-order valence-corrected chi connectivity index (χ1v) is 8.35. The van der Waals surface area contributed by atoms with Crippen LogP contribution >= 0.6 is 0 Å². The Kier molecular flexibility index (Phi) is 5.66. The van der Waals surface area contributed by atoms with E-state index in [1.54, 1.807) is 17.0 Å². The summed E-state index contributed by atoms with van der Waals surface area (Å²) in [4.78, 5) is 14.0. The van der Waals surface area contributed by atoms with Crippen LogP contribution in [0.25, 0.3) is 0 Å². The van der Waals surface area contributed by atoms with E-state index in [1.807, 2.05) is 18.2 Å². The highest BCUT2D eigenvalue weighted by atomic mass is 16.5. The van der Waals surface area contributed by atoms with Crippen LogP contribution in [0.4, 0.5) is 4.79 Å². The van der Waals surface area contributed by atoms with Gasteiger partial charge in [0, 0.05) is 31.6 Å². The maximum absolute atomic E-state index is 12.2. The molecule has 7 heteroatoms. The lowest BCUT2D eigenvalue weighted by atomic mass is 10.1. The minimum atomic E-state index is -0.0671. The highest BCUT2D eigenvalue weighted by Crippen LogP contribution is 2.17. The zero-order valence-electron chi connectivity index (χ0n) is 14.2. The van der Waals surface area contributed by atoms with Gasteiger partial charge in [0.1, 0.15) is 6.10 Å². The molecule has 1 aromatic carbocycles. The summed E-state index contributed by atoms with van der Waals surface area (Å²) in [5.74, 6) is 0.885. The molecule has 25 heavy (non-hydrogen) atoms. The number of likely N-dealkylation sites (tertiary alicyclic amines) is 1. The van der Waals surface area contributed by atoms with Gasteiger partial charge in [0.25, 0.3) is 0 Å². The van der Waals surface area contributed by atoms with Crippen molar-refractivity contribution in [1.29, 1.82) is 0 Å². The first-order valence-electron chi connectivity index (χ1n) is 8.35. The topological polar surface area (TPSA) is 76.6 Å². The summed E-state index contributed by atoms with van der Waals surface area (Å²) in [7, 11) is 1.54. The number of urea groups is 1. The van der Waals surface area contributed by atoms with Crippen LogP contribution in [0.5, 0.6) is 11.8 Å². The average molecular weight is 342 g/mol. The van der Waals surface area contributed by atoms with Crippen LogP contribution in [0.2, 0.25) is 0 Å². The fourth-order valence-corrected chi connectivity index (χ4v) is 2.73. The predicted molar refractivity (Wildman–Crippen MR) is 92.7 cm³/mol. The number of methoxy groups -OCH3 is 1. The SMILES string of the molecule is COc1ccc(O[C@H]2CCN(C(=O)NCCc3ccccc3)C2)nn1. The Labute approximate surface area is 147 Å². The van der Waals surface area contributed by atoms with Gasteiger partial charge in [-0.2, -0.15) is 0 Å². The molecule has 0 bridgehead atoms. The smallest absolute Gasteiger partial charge is 0.317 e. The van der Waals surface area contributed by atoms with Crippen LogP contribution in [-0.2, 0) is 6.42 Å². The summed E-state index contributed by atoms with van der Waals surface area (Å²) in [6, 6.07) is 13.5. The number of carbonyl (C=O) groups is 1. The molecule has 1 N–H and O–H groups in total. The highest BCUT2D eigenvalue weighted by Gasteiger charge is 2.27. The zero-order chi connectivity index (χ0) is 17.5. The molecule has 1 saturated heterocycles. The minimum absolute atomic E-state index is 0.0529. The van der Waals surface area contributed by atoms with Gasteiger partial charge in [-0.15, -0.1) is 10.2 Å². The Balaban J connectivity index is 1.41. The molecule has 1 fully saturated rings. The van der Waals surface area contributed by atoms with E-state index >= 15 is 0 Å². The van der Waals surface area contributed by atoms with Crippen molar-refractivity contribution in [3.05, 3.63) is 48.0 Å². The van der Waals surface area contributed by atoms with E-state index in [1.165, 1.54) is 12.7 Å². The van der Waals surface area contributed by atoms with Gasteiger partial charge in [0.15, 0.2) is 0 Å². The summed E-state index contributed by atoms with van der Waals surface area (Å²) in [5, 5.41) is 10.8. The normalized spacial score (nSPS) is 16.5. The van der Waals surface area contributed by atoms with Crippen LogP contribution in [0.3, 0.4) is 0 Å². The van der Waals surface area contributed by atoms with Gasteiger partial charge in [-0.3, -0.25) is 0 Å². The molecule has 2 heterocycles. The van der Waals surface area contributed by atoms with Crippen molar-refractivity contribution < 1.29 is 14.3 Å². The number of hydrogen-bond donors (Lipinski definition) is 1. The third-order valence-corrected chi connectivity index (χ3v) is 4.08. The van der Waals surface area contributed by atoms with Crippen LogP contribution < -0.4 is 14.8 Å². The quantitative estimate of drug-likeness (QED) is 0.867. The van der Waals surface area contributed by atoms with Gasteiger partial charge in [-0.25, -0.2) is 4.79 Å². The van der Waals surface area contributed by atoms with Crippen molar-refractivity contribution in [2.24, 2.45) is 0 Å². The summed E-state index contributed by atoms with van der Waals surface area (Å²) in [5.41, 5.74) is 1.21. The molecule has 0 saturated carbocycles. The number of benzene rings is 1. The zero-order valence-corrected chi connectivity index (χ0v) is 14.2. The molecular weight excluding hydrogens is 320 g/mol. The molecule has 1 aliphatic heterocycles. The Morgan fingerprint density at radius 3 is 2.68 bits per heavy atom. The van der Waals surface area contributed by atoms with E-state index in [0.717, 1.165) is 12.8 Å². The van der Waals surface area contributed by atoms with E-state index in [-0.39, 0.29) is 12.1 Å². The molecule has 2 aromatic rings. The lowest BCUT2D eigenvalue weighted by molar-refractivity contribution is 0.182. The van der Waals surface area contributed by atoms with Gasteiger partial charge in [0.05, 0.1) is 13.7 Å². The Morgan fingerprint density at radius 2 is 1.96 bits per heavy atom. The van der Waals surface area contributed by atoms with Gasteiger partial charge in [-0.1, -0.05) is 30.3 Å². The molecule has 1 aromatic heterocycles. The summed E-state index contributed by atoms with van der Waals surface area (Å²) >= 11 is 0. The van der Waals surface area contributed by atoms with Crippen molar-refractivity contribution in [2.75, 3.05) is 26.7 Å². The number of carbonyl (C=O) groups excluding carboxylic acids is 1. The van der Waals surface area contributed by atoms with Crippen LogP contribution in [-0.4, -0.2) is 54.0 Å². The fraction of sp³-hybridized carbons (Fsp3) is 0.389. The van der Waals surface area contributed by atoms with E-state index in [0.29, 0.717) is 31.4 Å². The summed E-state index contributed by atoms with van der Waals surface area (Å²) in [6.45, 7) is 1.84. The predicted octanol–water partition coefficient (Wildman–Crippen LogP) is 1.89. The molecule has 1 atom stereocenters. The number of rotatable bonds is 6. The standard InChI is InChI=1S/C18H22N4O3/c1-24-16-7-8-17(21-20-16)25-15-10-12-22(13-15)18(23)19-11-9-14-5-3-2-4-6-14/h2-8,15H,9-13H2,1H3,(H,19,23)/t15-/m0/s1.